The zero-order valence-electron chi connectivity index (χ0n) is 8.98. The molecular weight excluding hydrogens is 196 g/mol. The molecule has 0 aliphatic carbocycles. The summed E-state index contributed by atoms with van der Waals surface area (Å²) in [5, 5.41) is 8.87. The number of amides is 1. The van der Waals surface area contributed by atoms with Gasteiger partial charge in [0.1, 0.15) is 0 Å². The van der Waals surface area contributed by atoms with Gasteiger partial charge in [-0.25, -0.2) is 0 Å². The first-order chi connectivity index (χ1) is 7.00. The van der Waals surface area contributed by atoms with Gasteiger partial charge in [0.2, 0.25) is 5.91 Å². The van der Waals surface area contributed by atoms with Crippen molar-refractivity contribution in [1.29, 1.82) is 0 Å². The van der Waals surface area contributed by atoms with Crippen LogP contribution in [0.5, 0.6) is 0 Å². The number of likely N-dealkylation sites (tertiary alicyclic amines) is 1. The van der Waals surface area contributed by atoms with Gasteiger partial charge in [0.25, 0.3) is 0 Å². The lowest BCUT2D eigenvalue weighted by Gasteiger charge is -2.35. The van der Waals surface area contributed by atoms with Crippen LogP contribution in [0.25, 0.3) is 0 Å². The number of piperidine rings is 1. The van der Waals surface area contributed by atoms with Crippen molar-refractivity contribution < 1.29 is 14.7 Å². The van der Waals surface area contributed by atoms with Crippen molar-refractivity contribution in [3.63, 3.8) is 0 Å². The van der Waals surface area contributed by atoms with Crippen LogP contribution in [-0.2, 0) is 9.59 Å². The van der Waals surface area contributed by atoms with Gasteiger partial charge in [-0.2, -0.15) is 0 Å². The number of carboxylic acid groups (broad SMARTS) is 1. The van der Waals surface area contributed by atoms with E-state index in [-0.39, 0.29) is 17.9 Å². The Morgan fingerprint density at radius 1 is 1.53 bits per heavy atom. The monoisotopic (exact) mass is 214 g/mol. The lowest BCUT2D eigenvalue weighted by molar-refractivity contribution is -0.144. The quantitative estimate of drug-likeness (QED) is 0.692. The van der Waals surface area contributed by atoms with E-state index in [9.17, 15) is 9.59 Å². The zero-order chi connectivity index (χ0) is 11.4. The molecular formula is C10H18N2O3. The highest BCUT2D eigenvalue weighted by molar-refractivity contribution is 5.73. The Hall–Kier alpha value is -1.10. The highest BCUT2D eigenvalue weighted by Gasteiger charge is 2.29. The molecule has 3 N–H and O–H groups in total. The van der Waals surface area contributed by atoms with Crippen LogP contribution >= 0.6 is 0 Å². The van der Waals surface area contributed by atoms with Crippen LogP contribution in [-0.4, -0.2) is 41.0 Å². The van der Waals surface area contributed by atoms with E-state index < -0.39 is 5.97 Å². The topological polar surface area (TPSA) is 83.6 Å². The van der Waals surface area contributed by atoms with E-state index >= 15 is 0 Å². The molecule has 2 unspecified atom stereocenters. The molecule has 0 bridgehead atoms. The van der Waals surface area contributed by atoms with Crippen LogP contribution in [0, 0.1) is 5.92 Å². The third-order valence-corrected chi connectivity index (χ3v) is 3.01. The molecule has 5 heteroatoms. The Balaban J connectivity index is 2.38. The molecule has 1 fully saturated rings. The van der Waals surface area contributed by atoms with E-state index in [1.54, 1.807) is 0 Å². The maximum atomic E-state index is 10.8. The first-order valence-corrected chi connectivity index (χ1v) is 5.26. The summed E-state index contributed by atoms with van der Waals surface area (Å²) < 4.78 is 0. The summed E-state index contributed by atoms with van der Waals surface area (Å²) in [6, 6.07) is 0.221. The van der Waals surface area contributed by atoms with Crippen molar-refractivity contribution in [2.24, 2.45) is 11.7 Å². The number of carbonyl (C=O) groups is 2. The van der Waals surface area contributed by atoms with Crippen molar-refractivity contribution in [1.82, 2.24) is 4.90 Å². The van der Waals surface area contributed by atoms with Gasteiger partial charge in [-0.15, -0.1) is 0 Å². The number of rotatable bonds is 4. The molecule has 15 heavy (non-hydrogen) atoms. The van der Waals surface area contributed by atoms with Gasteiger partial charge in [0, 0.05) is 19.0 Å². The fourth-order valence-electron chi connectivity index (χ4n) is 2.03. The van der Waals surface area contributed by atoms with E-state index in [4.69, 9.17) is 10.8 Å². The Bertz CT molecular complexity index is 255. The van der Waals surface area contributed by atoms with Crippen molar-refractivity contribution in [2.45, 2.75) is 32.2 Å². The minimum absolute atomic E-state index is 0.221. The molecule has 0 saturated carbocycles. The molecule has 1 aliphatic heterocycles. The van der Waals surface area contributed by atoms with Gasteiger partial charge in [-0.05, 0) is 26.3 Å². The van der Waals surface area contributed by atoms with Gasteiger partial charge in [0.15, 0.2) is 0 Å². The molecule has 1 amide bonds. The maximum absolute atomic E-state index is 10.8. The van der Waals surface area contributed by atoms with Gasteiger partial charge >= 0.3 is 5.97 Å². The third-order valence-electron chi connectivity index (χ3n) is 3.01. The van der Waals surface area contributed by atoms with Gasteiger partial charge in [0.05, 0.1) is 5.92 Å². The summed E-state index contributed by atoms with van der Waals surface area (Å²) in [4.78, 5) is 23.5. The number of hydrogen-bond donors (Lipinski definition) is 2. The minimum atomic E-state index is -0.712. The molecule has 1 aliphatic rings. The van der Waals surface area contributed by atoms with E-state index in [0.717, 1.165) is 6.54 Å². The predicted octanol–water partition coefficient (Wildman–Crippen LogP) is 0.0469. The molecule has 5 nitrogen and oxygen atoms in total. The number of nitrogens with zero attached hydrogens (tertiary/aromatic N) is 1. The SMILES string of the molecule is CC1CC(C(=O)O)CCN1CCC(N)=O. The second-order valence-electron chi connectivity index (χ2n) is 4.16. The molecule has 86 valence electrons. The number of primary amides is 1. The van der Waals surface area contributed by atoms with Crippen LogP contribution in [0.2, 0.25) is 0 Å². The lowest BCUT2D eigenvalue weighted by atomic mass is 9.91. The van der Waals surface area contributed by atoms with Gasteiger partial charge in [-0.1, -0.05) is 0 Å². The van der Waals surface area contributed by atoms with E-state index in [1.807, 2.05) is 6.92 Å². The number of hydrogen-bond acceptors (Lipinski definition) is 3. The van der Waals surface area contributed by atoms with Crippen molar-refractivity contribution in [3.8, 4) is 0 Å². The molecule has 1 heterocycles. The summed E-state index contributed by atoms with van der Waals surface area (Å²) in [6.07, 6.45) is 1.68. The maximum Gasteiger partial charge on any atom is 0.306 e. The van der Waals surface area contributed by atoms with Crippen LogP contribution in [0.3, 0.4) is 0 Å². The summed E-state index contributed by atoms with van der Waals surface area (Å²) in [6.45, 7) is 3.38. The fraction of sp³-hybridized carbons (Fsp3) is 0.800. The largest absolute Gasteiger partial charge is 0.481 e. The van der Waals surface area contributed by atoms with Crippen molar-refractivity contribution in [2.75, 3.05) is 13.1 Å². The zero-order valence-corrected chi connectivity index (χ0v) is 8.98. The first kappa shape index (κ1) is 12.0. The first-order valence-electron chi connectivity index (χ1n) is 5.26. The highest BCUT2D eigenvalue weighted by Crippen LogP contribution is 2.22. The van der Waals surface area contributed by atoms with E-state index in [2.05, 4.69) is 4.90 Å². The molecule has 0 radical (unpaired) electrons. The number of aliphatic carboxylic acids is 1. The van der Waals surface area contributed by atoms with Crippen molar-refractivity contribution in [3.05, 3.63) is 0 Å². The van der Waals surface area contributed by atoms with E-state index in [0.29, 0.717) is 25.8 Å². The van der Waals surface area contributed by atoms with Crippen LogP contribution in [0.1, 0.15) is 26.2 Å². The number of nitrogens with two attached hydrogens (primary N) is 1. The molecule has 1 rings (SSSR count). The smallest absolute Gasteiger partial charge is 0.306 e. The Labute approximate surface area is 89.2 Å². The van der Waals surface area contributed by atoms with Crippen LogP contribution in [0.15, 0.2) is 0 Å². The average molecular weight is 214 g/mol. The summed E-state index contributed by atoms with van der Waals surface area (Å²) in [5.41, 5.74) is 5.07. The standard InChI is InChI=1S/C10H18N2O3/c1-7-6-8(10(14)15)2-4-12(7)5-3-9(11)13/h7-8H,2-6H2,1H3,(H2,11,13)(H,14,15). The molecule has 0 aromatic carbocycles. The normalized spacial score (nSPS) is 27.5. The van der Waals surface area contributed by atoms with Crippen LogP contribution < -0.4 is 5.73 Å². The molecule has 0 spiro atoms. The Morgan fingerprint density at radius 2 is 2.20 bits per heavy atom. The molecule has 0 aromatic rings. The summed E-state index contributed by atoms with van der Waals surface area (Å²) in [7, 11) is 0. The number of carboxylic acids is 1. The molecule has 1 saturated heterocycles. The van der Waals surface area contributed by atoms with Gasteiger partial charge in [-0.3, -0.25) is 9.59 Å². The van der Waals surface area contributed by atoms with Gasteiger partial charge < -0.3 is 15.7 Å². The Kier molecular flexibility index (Phi) is 4.08. The second kappa shape index (κ2) is 5.11. The highest BCUT2D eigenvalue weighted by atomic mass is 16.4. The summed E-state index contributed by atoms with van der Waals surface area (Å²) in [5.74, 6) is -1.25. The number of carbonyl (C=O) groups excluding carboxylic acids is 1. The van der Waals surface area contributed by atoms with Crippen molar-refractivity contribution >= 4 is 11.9 Å². The van der Waals surface area contributed by atoms with Crippen LogP contribution in [0.4, 0.5) is 0 Å². The second-order valence-corrected chi connectivity index (χ2v) is 4.16. The lowest BCUT2D eigenvalue weighted by Crippen LogP contribution is -2.43. The fourth-order valence-corrected chi connectivity index (χ4v) is 2.03. The Morgan fingerprint density at radius 3 is 2.67 bits per heavy atom. The molecule has 2 atom stereocenters. The average Bonchev–Trinajstić information content (AvgIpc) is 2.15. The van der Waals surface area contributed by atoms with E-state index in [1.165, 1.54) is 0 Å². The summed E-state index contributed by atoms with van der Waals surface area (Å²) >= 11 is 0. The molecule has 0 aromatic heterocycles. The minimum Gasteiger partial charge on any atom is -0.481 e. The predicted molar refractivity (Wildman–Crippen MR) is 55.2 cm³/mol. The third kappa shape index (κ3) is 3.51.